The average Bonchev–Trinajstić information content (AvgIpc) is 3.21. The van der Waals surface area contributed by atoms with Crippen molar-refractivity contribution in [1.29, 1.82) is 0 Å². The van der Waals surface area contributed by atoms with Gasteiger partial charge in [0.25, 0.3) is 5.91 Å². The molecule has 2 amide bonds. The van der Waals surface area contributed by atoms with Gasteiger partial charge in [0.15, 0.2) is 0 Å². The van der Waals surface area contributed by atoms with Crippen LogP contribution in [0.3, 0.4) is 0 Å². The SMILES string of the molecule is COc1cccc(C(=O)N(CC(=O)N(Cc2ccccc2)Cc2ccc(C)s2)C(C)C)c1. The molecule has 3 aromatic rings. The third-order valence-electron chi connectivity index (χ3n) is 5.22. The van der Waals surface area contributed by atoms with E-state index < -0.39 is 0 Å². The Morgan fingerprint density at radius 1 is 0.969 bits per heavy atom. The lowest BCUT2D eigenvalue weighted by molar-refractivity contribution is -0.133. The third-order valence-corrected chi connectivity index (χ3v) is 6.20. The van der Waals surface area contributed by atoms with Crippen molar-refractivity contribution in [3.05, 3.63) is 87.6 Å². The van der Waals surface area contributed by atoms with Crippen LogP contribution in [0, 0.1) is 6.92 Å². The number of carbonyl (C=O) groups excluding carboxylic acids is 2. The Balaban J connectivity index is 1.81. The summed E-state index contributed by atoms with van der Waals surface area (Å²) in [5, 5.41) is 0. The summed E-state index contributed by atoms with van der Waals surface area (Å²) in [6.45, 7) is 6.95. The van der Waals surface area contributed by atoms with E-state index in [9.17, 15) is 9.59 Å². The van der Waals surface area contributed by atoms with Gasteiger partial charge in [0, 0.05) is 27.9 Å². The molecule has 0 aliphatic carbocycles. The number of aryl methyl sites for hydroxylation is 1. The number of hydrogen-bond donors (Lipinski definition) is 0. The van der Waals surface area contributed by atoms with E-state index in [1.165, 1.54) is 4.88 Å². The molecule has 0 spiro atoms. The van der Waals surface area contributed by atoms with Crippen LogP contribution in [0.5, 0.6) is 5.75 Å². The minimum absolute atomic E-state index is 0.0188. The molecule has 1 aromatic heterocycles. The zero-order valence-electron chi connectivity index (χ0n) is 19.1. The van der Waals surface area contributed by atoms with Crippen molar-refractivity contribution < 1.29 is 14.3 Å². The highest BCUT2D eigenvalue weighted by Gasteiger charge is 2.25. The van der Waals surface area contributed by atoms with Crippen LogP contribution in [0.4, 0.5) is 0 Å². The van der Waals surface area contributed by atoms with Crippen molar-refractivity contribution in [2.24, 2.45) is 0 Å². The number of carbonyl (C=O) groups is 2. The second-order valence-electron chi connectivity index (χ2n) is 8.01. The fraction of sp³-hybridized carbons (Fsp3) is 0.308. The molecule has 168 valence electrons. The Morgan fingerprint density at radius 2 is 1.72 bits per heavy atom. The fourth-order valence-corrected chi connectivity index (χ4v) is 4.36. The molecule has 0 unspecified atom stereocenters. The van der Waals surface area contributed by atoms with E-state index in [0.29, 0.717) is 24.4 Å². The Hall–Kier alpha value is -3.12. The summed E-state index contributed by atoms with van der Waals surface area (Å²) >= 11 is 1.69. The van der Waals surface area contributed by atoms with Crippen molar-refractivity contribution in [1.82, 2.24) is 9.80 Å². The smallest absolute Gasteiger partial charge is 0.254 e. The van der Waals surface area contributed by atoms with Gasteiger partial charge in [-0.25, -0.2) is 0 Å². The molecule has 0 aliphatic rings. The molecule has 1 heterocycles. The highest BCUT2D eigenvalue weighted by Crippen LogP contribution is 2.20. The molecular weight excluding hydrogens is 420 g/mol. The van der Waals surface area contributed by atoms with Crippen LogP contribution >= 0.6 is 11.3 Å². The summed E-state index contributed by atoms with van der Waals surface area (Å²) in [5.41, 5.74) is 1.57. The Kier molecular flexibility index (Phi) is 8.06. The molecule has 0 bridgehead atoms. The maximum absolute atomic E-state index is 13.4. The first-order valence-electron chi connectivity index (χ1n) is 10.7. The van der Waals surface area contributed by atoms with Crippen LogP contribution in [0.2, 0.25) is 0 Å². The van der Waals surface area contributed by atoms with E-state index in [0.717, 1.165) is 10.4 Å². The van der Waals surface area contributed by atoms with Crippen LogP contribution in [0.15, 0.2) is 66.7 Å². The van der Waals surface area contributed by atoms with Gasteiger partial charge in [0.05, 0.1) is 13.7 Å². The average molecular weight is 451 g/mol. The number of methoxy groups -OCH3 is 1. The second-order valence-corrected chi connectivity index (χ2v) is 9.38. The zero-order chi connectivity index (χ0) is 23.1. The van der Waals surface area contributed by atoms with Crippen molar-refractivity contribution in [3.63, 3.8) is 0 Å². The van der Waals surface area contributed by atoms with E-state index in [-0.39, 0.29) is 24.4 Å². The molecule has 5 nitrogen and oxygen atoms in total. The quantitative estimate of drug-likeness (QED) is 0.453. The van der Waals surface area contributed by atoms with Gasteiger partial charge in [-0.3, -0.25) is 9.59 Å². The lowest BCUT2D eigenvalue weighted by Crippen LogP contribution is -2.45. The Labute approximate surface area is 194 Å². The van der Waals surface area contributed by atoms with Crippen LogP contribution in [0.1, 0.15) is 39.5 Å². The van der Waals surface area contributed by atoms with Crippen molar-refractivity contribution in [2.45, 2.75) is 39.9 Å². The number of hydrogen-bond acceptors (Lipinski definition) is 4. The highest BCUT2D eigenvalue weighted by molar-refractivity contribution is 7.11. The Morgan fingerprint density at radius 3 is 2.34 bits per heavy atom. The maximum Gasteiger partial charge on any atom is 0.254 e. The summed E-state index contributed by atoms with van der Waals surface area (Å²) in [6.07, 6.45) is 0. The van der Waals surface area contributed by atoms with Gasteiger partial charge in [-0.1, -0.05) is 36.4 Å². The van der Waals surface area contributed by atoms with Crippen molar-refractivity contribution in [2.75, 3.05) is 13.7 Å². The second kappa shape index (κ2) is 11.0. The first kappa shape index (κ1) is 23.5. The van der Waals surface area contributed by atoms with E-state index in [2.05, 4.69) is 19.1 Å². The molecule has 0 saturated heterocycles. The molecule has 0 radical (unpaired) electrons. The van der Waals surface area contributed by atoms with Gasteiger partial charge in [0.1, 0.15) is 12.3 Å². The molecule has 0 aliphatic heterocycles. The lowest BCUT2D eigenvalue weighted by Gasteiger charge is -2.30. The minimum Gasteiger partial charge on any atom is -0.497 e. The molecule has 6 heteroatoms. The molecular formula is C26H30N2O3S. The topological polar surface area (TPSA) is 49.9 Å². The van der Waals surface area contributed by atoms with Crippen LogP contribution in [0.25, 0.3) is 0 Å². The lowest BCUT2D eigenvalue weighted by atomic mass is 10.1. The highest BCUT2D eigenvalue weighted by atomic mass is 32.1. The maximum atomic E-state index is 13.4. The fourth-order valence-electron chi connectivity index (χ4n) is 3.45. The Bertz CT molecular complexity index is 1050. The van der Waals surface area contributed by atoms with Gasteiger partial charge in [-0.15, -0.1) is 11.3 Å². The van der Waals surface area contributed by atoms with Gasteiger partial charge < -0.3 is 14.5 Å². The number of amides is 2. The van der Waals surface area contributed by atoms with E-state index in [4.69, 9.17) is 4.74 Å². The molecule has 32 heavy (non-hydrogen) atoms. The van der Waals surface area contributed by atoms with Crippen molar-refractivity contribution in [3.8, 4) is 5.75 Å². The molecule has 2 aromatic carbocycles. The monoisotopic (exact) mass is 450 g/mol. The molecule has 0 saturated carbocycles. The predicted molar refractivity (Wildman–Crippen MR) is 129 cm³/mol. The van der Waals surface area contributed by atoms with Crippen LogP contribution in [-0.2, 0) is 17.9 Å². The van der Waals surface area contributed by atoms with Gasteiger partial charge >= 0.3 is 0 Å². The van der Waals surface area contributed by atoms with Crippen LogP contribution < -0.4 is 4.74 Å². The molecule has 3 rings (SSSR count). The standard InChI is InChI=1S/C26H30N2O3S/c1-19(2)28(26(30)22-11-8-12-23(15-22)31-4)18-25(29)27(16-21-9-6-5-7-10-21)17-24-14-13-20(3)32-24/h5-15,19H,16-18H2,1-4H3. The number of rotatable bonds is 9. The predicted octanol–water partition coefficient (Wildman–Crippen LogP) is 5.14. The number of ether oxygens (including phenoxy) is 1. The summed E-state index contributed by atoms with van der Waals surface area (Å²) in [7, 11) is 1.57. The normalized spacial score (nSPS) is 10.8. The first-order chi connectivity index (χ1) is 15.4. The summed E-state index contributed by atoms with van der Waals surface area (Å²) in [5.74, 6) is 0.355. The molecule has 0 atom stereocenters. The molecule has 0 N–H and O–H groups in total. The van der Waals surface area contributed by atoms with Gasteiger partial charge in [-0.2, -0.15) is 0 Å². The van der Waals surface area contributed by atoms with E-state index in [1.54, 1.807) is 47.6 Å². The van der Waals surface area contributed by atoms with Gasteiger partial charge in [0.2, 0.25) is 5.91 Å². The minimum atomic E-state index is -0.182. The third kappa shape index (κ3) is 6.20. The summed E-state index contributed by atoms with van der Waals surface area (Å²) < 4.78 is 5.25. The number of thiophene rings is 1. The van der Waals surface area contributed by atoms with Gasteiger partial charge in [-0.05, 0) is 56.7 Å². The first-order valence-corrected chi connectivity index (χ1v) is 11.5. The largest absolute Gasteiger partial charge is 0.497 e. The summed E-state index contributed by atoms with van der Waals surface area (Å²) in [4.78, 5) is 32.5. The number of nitrogens with zero attached hydrogens (tertiary/aromatic N) is 2. The molecule has 0 fully saturated rings. The van der Waals surface area contributed by atoms with Crippen LogP contribution in [-0.4, -0.2) is 41.3 Å². The van der Waals surface area contributed by atoms with E-state index in [1.807, 2.05) is 49.1 Å². The van der Waals surface area contributed by atoms with E-state index >= 15 is 0 Å². The van der Waals surface area contributed by atoms with Crippen molar-refractivity contribution >= 4 is 23.2 Å². The zero-order valence-corrected chi connectivity index (χ0v) is 19.9. The number of benzene rings is 2. The summed E-state index contributed by atoms with van der Waals surface area (Å²) in [6, 6.07) is 21.0.